The zero-order valence-corrected chi connectivity index (χ0v) is 16.4. The van der Waals surface area contributed by atoms with Gasteiger partial charge in [-0.25, -0.2) is 4.79 Å². The molecule has 1 aliphatic rings. The van der Waals surface area contributed by atoms with Crippen molar-refractivity contribution in [2.45, 2.75) is 26.8 Å². The van der Waals surface area contributed by atoms with Gasteiger partial charge in [-0.3, -0.25) is 9.88 Å². The topological polar surface area (TPSA) is 57.7 Å². The van der Waals surface area contributed by atoms with E-state index in [1.54, 1.807) is 7.11 Å². The van der Waals surface area contributed by atoms with E-state index in [0.717, 1.165) is 61.0 Å². The number of aromatic nitrogens is 1. The maximum absolute atomic E-state index is 12.7. The molecule has 0 bridgehead atoms. The van der Waals surface area contributed by atoms with Crippen molar-refractivity contribution in [1.29, 1.82) is 0 Å². The maximum Gasteiger partial charge on any atom is 0.321 e. The highest BCUT2D eigenvalue weighted by molar-refractivity contribution is 5.90. The van der Waals surface area contributed by atoms with Crippen LogP contribution in [0.1, 0.15) is 23.4 Å². The SMILES string of the molecule is COc1ccc(NC(=O)N2CCCN(Cc3cccc(C)n3)CC2)c(C)c1. The zero-order chi connectivity index (χ0) is 19.2. The van der Waals surface area contributed by atoms with Crippen LogP contribution in [0.2, 0.25) is 0 Å². The van der Waals surface area contributed by atoms with E-state index in [1.807, 2.05) is 49.1 Å². The van der Waals surface area contributed by atoms with E-state index in [-0.39, 0.29) is 6.03 Å². The third-order valence-corrected chi connectivity index (χ3v) is 4.88. The number of benzene rings is 1. The Hall–Kier alpha value is -2.60. The lowest BCUT2D eigenvalue weighted by molar-refractivity contribution is 0.211. The molecule has 2 aromatic rings. The van der Waals surface area contributed by atoms with Crippen molar-refractivity contribution >= 4 is 11.7 Å². The highest BCUT2D eigenvalue weighted by Gasteiger charge is 2.20. The number of hydrogen-bond donors (Lipinski definition) is 1. The average molecular weight is 368 g/mol. The Morgan fingerprint density at radius 3 is 2.74 bits per heavy atom. The lowest BCUT2D eigenvalue weighted by atomic mass is 10.2. The van der Waals surface area contributed by atoms with E-state index in [4.69, 9.17) is 4.74 Å². The second-order valence-electron chi connectivity index (χ2n) is 7.00. The Morgan fingerprint density at radius 2 is 2.00 bits per heavy atom. The van der Waals surface area contributed by atoms with Crippen molar-refractivity contribution in [1.82, 2.24) is 14.8 Å². The maximum atomic E-state index is 12.7. The van der Waals surface area contributed by atoms with Gasteiger partial charge in [0.05, 0.1) is 12.8 Å². The van der Waals surface area contributed by atoms with E-state index in [9.17, 15) is 4.79 Å². The summed E-state index contributed by atoms with van der Waals surface area (Å²) in [5.74, 6) is 0.792. The molecule has 0 radical (unpaired) electrons. The highest BCUT2D eigenvalue weighted by atomic mass is 16.5. The standard InChI is InChI=1S/C21H28N4O2/c1-16-14-19(27-3)8-9-20(16)23-21(26)25-11-5-10-24(12-13-25)15-18-7-4-6-17(2)22-18/h4,6-9,14H,5,10-13,15H2,1-3H3,(H,23,26). The molecule has 1 saturated heterocycles. The van der Waals surface area contributed by atoms with Crippen LogP contribution in [0, 0.1) is 13.8 Å². The summed E-state index contributed by atoms with van der Waals surface area (Å²) in [6, 6.07) is 11.8. The Kier molecular flexibility index (Phi) is 6.29. The van der Waals surface area contributed by atoms with Crippen molar-refractivity contribution < 1.29 is 9.53 Å². The first-order valence-electron chi connectivity index (χ1n) is 9.40. The molecule has 0 atom stereocenters. The van der Waals surface area contributed by atoms with Gasteiger partial charge in [0.2, 0.25) is 0 Å². The molecule has 1 N–H and O–H groups in total. The van der Waals surface area contributed by atoms with Crippen LogP contribution in [0.15, 0.2) is 36.4 Å². The number of carbonyl (C=O) groups is 1. The number of ether oxygens (including phenoxy) is 1. The van der Waals surface area contributed by atoms with Gasteiger partial charge in [-0.05, 0) is 56.2 Å². The first-order valence-corrected chi connectivity index (χ1v) is 9.40. The fourth-order valence-corrected chi connectivity index (χ4v) is 3.35. The molecule has 0 saturated carbocycles. The number of pyridine rings is 1. The first kappa shape index (κ1) is 19.2. The molecule has 0 spiro atoms. The summed E-state index contributed by atoms with van der Waals surface area (Å²) in [5.41, 5.74) is 3.94. The summed E-state index contributed by atoms with van der Waals surface area (Å²) < 4.78 is 5.22. The van der Waals surface area contributed by atoms with Crippen LogP contribution in [0.25, 0.3) is 0 Å². The Labute approximate surface area is 161 Å². The number of amides is 2. The Bertz CT molecular complexity index is 794. The second kappa shape index (κ2) is 8.86. The number of aryl methyl sites for hydroxylation is 2. The van der Waals surface area contributed by atoms with Crippen LogP contribution in [0.4, 0.5) is 10.5 Å². The van der Waals surface area contributed by atoms with E-state index in [0.29, 0.717) is 6.54 Å². The van der Waals surface area contributed by atoms with E-state index in [1.165, 1.54) is 0 Å². The van der Waals surface area contributed by atoms with E-state index in [2.05, 4.69) is 21.3 Å². The molecular weight excluding hydrogens is 340 g/mol. The molecule has 1 fully saturated rings. The van der Waals surface area contributed by atoms with Crippen LogP contribution in [0.3, 0.4) is 0 Å². The quantitative estimate of drug-likeness (QED) is 0.898. The van der Waals surface area contributed by atoms with Crippen LogP contribution in [0.5, 0.6) is 5.75 Å². The molecule has 2 heterocycles. The zero-order valence-electron chi connectivity index (χ0n) is 16.4. The van der Waals surface area contributed by atoms with Gasteiger partial charge in [0.25, 0.3) is 0 Å². The molecule has 2 amide bonds. The number of anilines is 1. The van der Waals surface area contributed by atoms with E-state index < -0.39 is 0 Å². The van der Waals surface area contributed by atoms with Gasteiger partial charge in [-0.2, -0.15) is 0 Å². The first-order chi connectivity index (χ1) is 13.0. The minimum Gasteiger partial charge on any atom is -0.497 e. The smallest absolute Gasteiger partial charge is 0.321 e. The number of nitrogens with one attached hydrogen (secondary N) is 1. The third kappa shape index (κ3) is 5.20. The molecule has 1 aromatic heterocycles. The molecule has 144 valence electrons. The Morgan fingerprint density at radius 1 is 1.15 bits per heavy atom. The summed E-state index contributed by atoms with van der Waals surface area (Å²) in [6.45, 7) is 8.11. The van der Waals surface area contributed by atoms with Gasteiger partial charge in [0.15, 0.2) is 0 Å². The van der Waals surface area contributed by atoms with Gasteiger partial charge in [-0.1, -0.05) is 6.07 Å². The van der Waals surface area contributed by atoms with Crippen molar-refractivity contribution in [3.63, 3.8) is 0 Å². The minimum atomic E-state index is -0.0428. The average Bonchev–Trinajstić information content (AvgIpc) is 2.89. The molecule has 27 heavy (non-hydrogen) atoms. The molecule has 0 unspecified atom stereocenters. The van der Waals surface area contributed by atoms with Gasteiger partial charge < -0.3 is 15.0 Å². The van der Waals surface area contributed by atoms with E-state index >= 15 is 0 Å². The molecule has 1 aliphatic heterocycles. The highest BCUT2D eigenvalue weighted by Crippen LogP contribution is 2.21. The molecule has 3 rings (SSSR count). The van der Waals surface area contributed by atoms with Crippen molar-refractivity contribution in [3.05, 3.63) is 53.3 Å². The fourth-order valence-electron chi connectivity index (χ4n) is 3.35. The molecule has 6 heteroatoms. The summed E-state index contributed by atoms with van der Waals surface area (Å²) in [6.07, 6.45) is 0.959. The van der Waals surface area contributed by atoms with Crippen LogP contribution < -0.4 is 10.1 Å². The summed E-state index contributed by atoms with van der Waals surface area (Å²) in [5, 5.41) is 3.03. The van der Waals surface area contributed by atoms with Crippen molar-refractivity contribution in [2.24, 2.45) is 0 Å². The summed E-state index contributed by atoms with van der Waals surface area (Å²) in [7, 11) is 1.64. The largest absolute Gasteiger partial charge is 0.497 e. The lowest BCUT2D eigenvalue weighted by Crippen LogP contribution is -2.38. The number of rotatable bonds is 4. The van der Waals surface area contributed by atoms with Gasteiger partial charge in [-0.15, -0.1) is 0 Å². The summed E-state index contributed by atoms with van der Waals surface area (Å²) in [4.78, 5) is 21.5. The minimum absolute atomic E-state index is 0.0428. The summed E-state index contributed by atoms with van der Waals surface area (Å²) >= 11 is 0. The van der Waals surface area contributed by atoms with Crippen LogP contribution >= 0.6 is 0 Å². The number of methoxy groups -OCH3 is 1. The predicted octanol–water partition coefficient (Wildman–Crippen LogP) is 3.45. The molecule has 1 aromatic carbocycles. The molecule has 0 aliphatic carbocycles. The van der Waals surface area contributed by atoms with Crippen molar-refractivity contribution in [3.8, 4) is 5.75 Å². The van der Waals surface area contributed by atoms with Gasteiger partial charge >= 0.3 is 6.03 Å². The third-order valence-electron chi connectivity index (χ3n) is 4.88. The monoisotopic (exact) mass is 368 g/mol. The second-order valence-corrected chi connectivity index (χ2v) is 7.00. The number of nitrogens with zero attached hydrogens (tertiary/aromatic N) is 3. The fraction of sp³-hybridized carbons (Fsp3) is 0.429. The molecule has 6 nitrogen and oxygen atoms in total. The number of carbonyl (C=O) groups excluding carboxylic acids is 1. The van der Waals surface area contributed by atoms with Crippen molar-refractivity contribution in [2.75, 3.05) is 38.6 Å². The normalized spacial score (nSPS) is 15.3. The Balaban J connectivity index is 1.56. The number of hydrogen-bond acceptors (Lipinski definition) is 4. The molecular formula is C21H28N4O2. The predicted molar refractivity (Wildman–Crippen MR) is 107 cm³/mol. The van der Waals surface area contributed by atoms with Gasteiger partial charge in [0.1, 0.15) is 5.75 Å². The van der Waals surface area contributed by atoms with Gasteiger partial charge in [0, 0.05) is 44.1 Å². The number of urea groups is 1. The van der Waals surface area contributed by atoms with Crippen LogP contribution in [-0.2, 0) is 6.54 Å². The lowest BCUT2D eigenvalue weighted by Gasteiger charge is -2.22. The van der Waals surface area contributed by atoms with Crippen LogP contribution in [-0.4, -0.2) is 54.1 Å².